The Labute approximate surface area is 92.3 Å². The largest absolute Gasteiger partial charge is 0.376 e. The van der Waals surface area contributed by atoms with Gasteiger partial charge in [-0.05, 0) is 32.1 Å². The molecule has 2 fully saturated rings. The second-order valence-corrected chi connectivity index (χ2v) is 4.81. The molecule has 1 aliphatic carbocycles. The Morgan fingerprint density at radius 3 is 2.60 bits per heavy atom. The molecule has 1 aliphatic heterocycles. The van der Waals surface area contributed by atoms with Gasteiger partial charge in [-0.25, -0.2) is 0 Å². The van der Waals surface area contributed by atoms with Crippen molar-refractivity contribution in [3.63, 3.8) is 0 Å². The average Bonchev–Trinajstić information content (AvgIpc) is 2.29. The smallest absolute Gasteiger partial charge is 0.0808 e. The van der Waals surface area contributed by atoms with E-state index in [9.17, 15) is 0 Å². The first-order valence-electron chi connectivity index (χ1n) is 6.35. The van der Waals surface area contributed by atoms with Crippen LogP contribution < -0.4 is 5.73 Å². The lowest BCUT2D eigenvalue weighted by Crippen LogP contribution is -2.41. The molecule has 3 atom stereocenters. The lowest BCUT2D eigenvalue weighted by atomic mass is 9.93. The summed E-state index contributed by atoms with van der Waals surface area (Å²) in [6, 6.07) is 0.252. The van der Waals surface area contributed by atoms with Crippen molar-refractivity contribution in [3.05, 3.63) is 0 Å². The van der Waals surface area contributed by atoms with E-state index in [0.29, 0.717) is 6.10 Å². The van der Waals surface area contributed by atoms with Gasteiger partial charge >= 0.3 is 0 Å². The van der Waals surface area contributed by atoms with Gasteiger partial charge in [0, 0.05) is 12.6 Å². The number of hydrogen-bond donors (Lipinski definition) is 1. The Hall–Kier alpha value is -0.120. The molecule has 0 spiro atoms. The SMILES string of the molecule is NC1CCCCC1OCC1CCCCO1. The highest BCUT2D eigenvalue weighted by Gasteiger charge is 2.24. The molecule has 0 aromatic heterocycles. The minimum absolute atomic E-state index is 0.252. The third-order valence-corrected chi connectivity index (χ3v) is 3.52. The summed E-state index contributed by atoms with van der Waals surface area (Å²) in [6.45, 7) is 1.66. The zero-order chi connectivity index (χ0) is 10.5. The molecule has 0 radical (unpaired) electrons. The van der Waals surface area contributed by atoms with Gasteiger partial charge in [-0.2, -0.15) is 0 Å². The minimum Gasteiger partial charge on any atom is -0.376 e. The van der Waals surface area contributed by atoms with Gasteiger partial charge in [0.05, 0.1) is 18.8 Å². The summed E-state index contributed by atoms with van der Waals surface area (Å²) in [7, 11) is 0. The van der Waals surface area contributed by atoms with Crippen LogP contribution in [0.1, 0.15) is 44.9 Å². The summed E-state index contributed by atoms with van der Waals surface area (Å²) in [6.07, 6.45) is 9.04. The molecule has 0 aromatic carbocycles. The van der Waals surface area contributed by atoms with Gasteiger partial charge in [0.2, 0.25) is 0 Å². The summed E-state index contributed by atoms with van der Waals surface area (Å²) < 4.78 is 11.5. The summed E-state index contributed by atoms with van der Waals surface area (Å²) >= 11 is 0. The van der Waals surface area contributed by atoms with E-state index in [1.807, 2.05) is 0 Å². The Balaban J connectivity index is 1.67. The lowest BCUT2D eigenvalue weighted by Gasteiger charge is -2.31. The van der Waals surface area contributed by atoms with Crippen molar-refractivity contribution in [2.45, 2.75) is 63.2 Å². The second kappa shape index (κ2) is 5.83. The molecule has 0 aromatic rings. The molecule has 3 nitrogen and oxygen atoms in total. The average molecular weight is 213 g/mol. The third kappa shape index (κ3) is 3.44. The number of rotatable bonds is 3. The molecule has 3 heteroatoms. The fraction of sp³-hybridized carbons (Fsp3) is 1.00. The molecule has 0 bridgehead atoms. The molecule has 3 unspecified atom stereocenters. The predicted octanol–water partition coefficient (Wildman–Crippen LogP) is 1.84. The van der Waals surface area contributed by atoms with E-state index in [-0.39, 0.29) is 12.1 Å². The van der Waals surface area contributed by atoms with Gasteiger partial charge in [-0.1, -0.05) is 12.8 Å². The Kier molecular flexibility index (Phi) is 4.42. The van der Waals surface area contributed by atoms with Crippen molar-refractivity contribution in [2.75, 3.05) is 13.2 Å². The topological polar surface area (TPSA) is 44.5 Å². The van der Waals surface area contributed by atoms with Gasteiger partial charge < -0.3 is 15.2 Å². The first-order chi connectivity index (χ1) is 7.36. The molecule has 2 rings (SSSR count). The highest BCUT2D eigenvalue weighted by Crippen LogP contribution is 2.21. The number of nitrogens with two attached hydrogens (primary N) is 1. The van der Waals surface area contributed by atoms with Gasteiger partial charge in [0.25, 0.3) is 0 Å². The van der Waals surface area contributed by atoms with Gasteiger partial charge in [-0.3, -0.25) is 0 Å². The van der Waals surface area contributed by atoms with Crippen molar-refractivity contribution < 1.29 is 9.47 Å². The van der Waals surface area contributed by atoms with Crippen molar-refractivity contribution >= 4 is 0 Å². The van der Waals surface area contributed by atoms with Crippen molar-refractivity contribution in [1.82, 2.24) is 0 Å². The van der Waals surface area contributed by atoms with Crippen LogP contribution in [-0.2, 0) is 9.47 Å². The maximum Gasteiger partial charge on any atom is 0.0808 e. The fourth-order valence-electron chi connectivity index (χ4n) is 2.50. The molecule has 1 saturated carbocycles. The summed E-state index contributed by atoms with van der Waals surface area (Å²) in [5.74, 6) is 0. The van der Waals surface area contributed by atoms with Crippen LogP contribution >= 0.6 is 0 Å². The van der Waals surface area contributed by atoms with Gasteiger partial charge in [-0.15, -0.1) is 0 Å². The molecule has 2 N–H and O–H groups in total. The van der Waals surface area contributed by atoms with E-state index in [2.05, 4.69) is 0 Å². The standard InChI is InChI=1S/C12H23NO2/c13-11-6-1-2-7-12(11)15-9-10-5-3-4-8-14-10/h10-12H,1-9,13H2. The van der Waals surface area contributed by atoms with E-state index in [4.69, 9.17) is 15.2 Å². The van der Waals surface area contributed by atoms with E-state index < -0.39 is 0 Å². The van der Waals surface area contributed by atoms with Crippen LogP contribution in [-0.4, -0.2) is 31.5 Å². The Morgan fingerprint density at radius 2 is 1.87 bits per heavy atom. The molecular weight excluding hydrogens is 190 g/mol. The molecule has 1 saturated heterocycles. The predicted molar refractivity (Wildman–Crippen MR) is 59.8 cm³/mol. The van der Waals surface area contributed by atoms with Gasteiger partial charge in [0.15, 0.2) is 0 Å². The molecular formula is C12H23NO2. The Bertz CT molecular complexity index is 180. The number of ether oxygens (including phenoxy) is 2. The fourth-order valence-corrected chi connectivity index (χ4v) is 2.50. The van der Waals surface area contributed by atoms with E-state index in [1.165, 1.54) is 25.7 Å². The molecule has 2 aliphatic rings. The van der Waals surface area contributed by atoms with Gasteiger partial charge in [0.1, 0.15) is 0 Å². The van der Waals surface area contributed by atoms with Crippen molar-refractivity contribution in [2.24, 2.45) is 5.73 Å². The second-order valence-electron chi connectivity index (χ2n) is 4.81. The highest BCUT2D eigenvalue weighted by atomic mass is 16.5. The normalized spacial score (nSPS) is 37.8. The Morgan fingerprint density at radius 1 is 1.07 bits per heavy atom. The summed E-state index contributed by atoms with van der Waals surface area (Å²) in [4.78, 5) is 0. The molecule has 0 amide bonds. The molecule has 88 valence electrons. The molecule has 15 heavy (non-hydrogen) atoms. The molecule has 1 heterocycles. The minimum atomic E-state index is 0.252. The first kappa shape index (κ1) is 11.4. The van der Waals surface area contributed by atoms with E-state index >= 15 is 0 Å². The summed E-state index contributed by atoms with van der Waals surface area (Å²) in [5, 5.41) is 0. The van der Waals surface area contributed by atoms with Crippen LogP contribution in [0, 0.1) is 0 Å². The van der Waals surface area contributed by atoms with Crippen molar-refractivity contribution in [1.29, 1.82) is 0 Å². The first-order valence-corrected chi connectivity index (χ1v) is 6.35. The zero-order valence-corrected chi connectivity index (χ0v) is 9.49. The summed E-state index contributed by atoms with van der Waals surface area (Å²) in [5.41, 5.74) is 6.03. The van der Waals surface area contributed by atoms with Crippen molar-refractivity contribution in [3.8, 4) is 0 Å². The maximum atomic E-state index is 6.03. The van der Waals surface area contributed by atoms with E-state index in [1.54, 1.807) is 0 Å². The number of hydrogen-bond acceptors (Lipinski definition) is 3. The monoisotopic (exact) mass is 213 g/mol. The van der Waals surface area contributed by atoms with Crippen LogP contribution in [0.15, 0.2) is 0 Å². The van der Waals surface area contributed by atoms with Crippen LogP contribution in [0.2, 0.25) is 0 Å². The third-order valence-electron chi connectivity index (χ3n) is 3.52. The van der Waals surface area contributed by atoms with E-state index in [0.717, 1.165) is 32.5 Å². The van der Waals surface area contributed by atoms with Crippen LogP contribution in [0.3, 0.4) is 0 Å². The van der Waals surface area contributed by atoms with Crippen LogP contribution in [0.4, 0.5) is 0 Å². The highest BCUT2D eigenvalue weighted by molar-refractivity contribution is 4.79. The quantitative estimate of drug-likeness (QED) is 0.778. The van der Waals surface area contributed by atoms with Crippen LogP contribution in [0.25, 0.3) is 0 Å². The maximum absolute atomic E-state index is 6.03. The van der Waals surface area contributed by atoms with Crippen LogP contribution in [0.5, 0.6) is 0 Å². The lowest BCUT2D eigenvalue weighted by molar-refractivity contribution is -0.0743. The zero-order valence-electron chi connectivity index (χ0n) is 9.49.